The fourth-order valence-electron chi connectivity index (χ4n) is 4.20. The zero-order valence-corrected chi connectivity index (χ0v) is 17.5. The van der Waals surface area contributed by atoms with E-state index >= 15 is 0 Å². The van der Waals surface area contributed by atoms with Gasteiger partial charge in [0.1, 0.15) is 11.7 Å². The molecule has 1 saturated heterocycles. The number of ether oxygens (including phenoxy) is 3. The molecule has 2 aliphatic rings. The molecule has 0 aromatic carbocycles. The first-order chi connectivity index (χ1) is 13.3. The van der Waals surface area contributed by atoms with Gasteiger partial charge >= 0.3 is 17.9 Å². The van der Waals surface area contributed by atoms with Crippen LogP contribution >= 0.6 is 0 Å². The van der Waals surface area contributed by atoms with E-state index in [-0.39, 0.29) is 37.0 Å². The van der Waals surface area contributed by atoms with Crippen LogP contribution in [-0.4, -0.2) is 36.2 Å². The molecule has 158 valence electrons. The van der Waals surface area contributed by atoms with E-state index in [4.69, 9.17) is 14.2 Å². The summed E-state index contributed by atoms with van der Waals surface area (Å²) >= 11 is 0. The minimum atomic E-state index is -0.563. The van der Waals surface area contributed by atoms with Crippen molar-refractivity contribution in [2.24, 2.45) is 11.8 Å². The molecule has 2 fully saturated rings. The van der Waals surface area contributed by atoms with Crippen LogP contribution in [0.2, 0.25) is 0 Å². The topological polar surface area (TPSA) is 78.9 Å². The maximum Gasteiger partial charge on any atom is 0.333 e. The van der Waals surface area contributed by atoms with Crippen LogP contribution in [0.5, 0.6) is 0 Å². The third-order valence-corrected chi connectivity index (χ3v) is 5.97. The van der Waals surface area contributed by atoms with Crippen LogP contribution in [0.25, 0.3) is 0 Å². The standard InChI is InChI=1S/C22H34O6/c1-5-9-18-17(14-26-20(24)15(3)4)12-16(13-19(23)27-18)21(25)28-22(6-2)10-7-8-11-22/h16-18H,3,5-14H2,1-2,4H3. The molecule has 1 aliphatic heterocycles. The van der Waals surface area contributed by atoms with Crippen LogP contribution < -0.4 is 0 Å². The van der Waals surface area contributed by atoms with Crippen LogP contribution in [0, 0.1) is 11.8 Å². The zero-order valence-electron chi connectivity index (χ0n) is 17.5. The molecular formula is C22H34O6. The summed E-state index contributed by atoms with van der Waals surface area (Å²) in [7, 11) is 0. The Labute approximate surface area is 168 Å². The fourth-order valence-corrected chi connectivity index (χ4v) is 4.20. The van der Waals surface area contributed by atoms with Crippen molar-refractivity contribution < 1.29 is 28.6 Å². The number of hydrogen-bond acceptors (Lipinski definition) is 6. The third-order valence-electron chi connectivity index (χ3n) is 5.97. The quantitative estimate of drug-likeness (QED) is 0.350. The van der Waals surface area contributed by atoms with Gasteiger partial charge in [0, 0.05) is 11.5 Å². The smallest absolute Gasteiger partial charge is 0.333 e. The Bertz CT molecular complexity index is 590. The molecule has 0 N–H and O–H groups in total. The average Bonchev–Trinajstić information content (AvgIpc) is 3.05. The average molecular weight is 395 g/mol. The maximum absolute atomic E-state index is 12.9. The number of esters is 3. The van der Waals surface area contributed by atoms with Gasteiger partial charge in [-0.05, 0) is 51.9 Å². The summed E-state index contributed by atoms with van der Waals surface area (Å²) in [5.41, 5.74) is -0.0716. The lowest BCUT2D eigenvalue weighted by Gasteiger charge is -2.30. The van der Waals surface area contributed by atoms with E-state index in [1.54, 1.807) is 6.92 Å². The minimum absolute atomic E-state index is 0.0176. The van der Waals surface area contributed by atoms with Crippen molar-refractivity contribution in [1.82, 2.24) is 0 Å². The molecule has 6 heteroatoms. The van der Waals surface area contributed by atoms with Crippen molar-refractivity contribution in [2.45, 2.75) is 90.3 Å². The lowest BCUT2D eigenvalue weighted by molar-refractivity contribution is -0.167. The third kappa shape index (κ3) is 5.82. The first-order valence-electron chi connectivity index (χ1n) is 10.5. The molecule has 2 rings (SSSR count). The van der Waals surface area contributed by atoms with Gasteiger partial charge in [0.15, 0.2) is 0 Å². The highest BCUT2D eigenvalue weighted by Gasteiger charge is 2.41. The van der Waals surface area contributed by atoms with E-state index in [2.05, 4.69) is 6.58 Å². The number of carbonyl (C=O) groups excluding carboxylic acids is 3. The number of rotatable bonds is 8. The molecule has 28 heavy (non-hydrogen) atoms. The Hall–Kier alpha value is -1.85. The van der Waals surface area contributed by atoms with E-state index in [0.29, 0.717) is 18.4 Å². The second-order valence-corrected chi connectivity index (χ2v) is 8.26. The Balaban J connectivity index is 2.10. The van der Waals surface area contributed by atoms with Gasteiger partial charge in [0.25, 0.3) is 0 Å². The van der Waals surface area contributed by atoms with E-state index < -0.39 is 17.5 Å². The highest BCUT2D eigenvalue weighted by Crippen LogP contribution is 2.38. The van der Waals surface area contributed by atoms with Gasteiger partial charge in [-0.25, -0.2) is 4.79 Å². The van der Waals surface area contributed by atoms with Crippen LogP contribution in [0.3, 0.4) is 0 Å². The van der Waals surface area contributed by atoms with Crippen LogP contribution in [0.4, 0.5) is 0 Å². The molecule has 0 amide bonds. The lowest BCUT2D eigenvalue weighted by atomic mass is 9.88. The van der Waals surface area contributed by atoms with Gasteiger partial charge in [-0.1, -0.05) is 26.8 Å². The maximum atomic E-state index is 12.9. The minimum Gasteiger partial charge on any atom is -0.462 e. The molecule has 3 atom stereocenters. The SMILES string of the molecule is C=C(C)C(=O)OCC1CC(C(=O)OC2(CC)CCCC2)CC(=O)OC1CCC. The molecule has 0 radical (unpaired) electrons. The van der Waals surface area contributed by atoms with Crippen molar-refractivity contribution in [3.8, 4) is 0 Å². The number of hydrogen-bond donors (Lipinski definition) is 0. The molecule has 1 saturated carbocycles. The van der Waals surface area contributed by atoms with E-state index in [0.717, 1.165) is 38.5 Å². The first kappa shape index (κ1) is 22.4. The Morgan fingerprint density at radius 3 is 2.50 bits per heavy atom. The van der Waals surface area contributed by atoms with E-state index in [9.17, 15) is 14.4 Å². The molecule has 0 aromatic rings. The molecule has 0 spiro atoms. The second-order valence-electron chi connectivity index (χ2n) is 8.26. The van der Waals surface area contributed by atoms with Crippen LogP contribution in [0.15, 0.2) is 12.2 Å². The van der Waals surface area contributed by atoms with Gasteiger partial charge in [-0.2, -0.15) is 0 Å². The van der Waals surface area contributed by atoms with Gasteiger partial charge in [-0.3, -0.25) is 9.59 Å². The highest BCUT2D eigenvalue weighted by molar-refractivity contribution is 5.87. The van der Waals surface area contributed by atoms with Gasteiger partial charge < -0.3 is 14.2 Å². The summed E-state index contributed by atoms with van der Waals surface area (Å²) in [5, 5.41) is 0. The molecule has 1 heterocycles. The van der Waals surface area contributed by atoms with E-state index in [1.807, 2.05) is 13.8 Å². The Morgan fingerprint density at radius 1 is 1.25 bits per heavy atom. The van der Waals surface area contributed by atoms with Crippen molar-refractivity contribution in [2.75, 3.05) is 6.61 Å². The molecular weight excluding hydrogens is 360 g/mol. The molecule has 0 bridgehead atoms. The Kier molecular flexibility index (Phi) is 8.08. The Morgan fingerprint density at radius 2 is 1.93 bits per heavy atom. The van der Waals surface area contributed by atoms with Gasteiger partial charge in [0.05, 0.1) is 18.9 Å². The summed E-state index contributed by atoms with van der Waals surface area (Å²) in [6.07, 6.45) is 6.24. The summed E-state index contributed by atoms with van der Waals surface area (Å²) in [5.74, 6) is -1.97. The predicted molar refractivity (Wildman–Crippen MR) is 104 cm³/mol. The van der Waals surface area contributed by atoms with Crippen molar-refractivity contribution in [1.29, 1.82) is 0 Å². The molecule has 0 aromatic heterocycles. The van der Waals surface area contributed by atoms with E-state index in [1.165, 1.54) is 0 Å². The van der Waals surface area contributed by atoms with Crippen LogP contribution in [-0.2, 0) is 28.6 Å². The van der Waals surface area contributed by atoms with Crippen molar-refractivity contribution in [3.63, 3.8) is 0 Å². The molecule has 6 nitrogen and oxygen atoms in total. The van der Waals surface area contributed by atoms with Gasteiger partial charge in [0.2, 0.25) is 0 Å². The summed E-state index contributed by atoms with van der Waals surface area (Å²) in [6, 6.07) is 0. The molecule has 1 aliphatic carbocycles. The zero-order chi connectivity index (χ0) is 20.7. The normalized spacial score (nSPS) is 26.8. The largest absolute Gasteiger partial charge is 0.462 e. The van der Waals surface area contributed by atoms with Crippen LogP contribution in [0.1, 0.15) is 78.6 Å². The summed E-state index contributed by atoms with van der Waals surface area (Å²) in [4.78, 5) is 37.0. The highest BCUT2D eigenvalue weighted by atomic mass is 16.6. The lowest BCUT2D eigenvalue weighted by Crippen LogP contribution is -2.35. The van der Waals surface area contributed by atoms with Gasteiger partial charge in [-0.15, -0.1) is 0 Å². The second kappa shape index (κ2) is 10.1. The first-order valence-corrected chi connectivity index (χ1v) is 10.5. The molecule has 3 unspecified atom stereocenters. The van der Waals surface area contributed by atoms with Crippen molar-refractivity contribution in [3.05, 3.63) is 12.2 Å². The number of cyclic esters (lactones) is 1. The number of carbonyl (C=O) groups is 3. The summed E-state index contributed by atoms with van der Waals surface area (Å²) < 4.78 is 16.9. The monoisotopic (exact) mass is 394 g/mol. The summed E-state index contributed by atoms with van der Waals surface area (Å²) in [6.45, 7) is 9.33. The van der Waals surface area contributed by atoms with Crippen molar-refractivity contribution >= 4 is 17.9 Å². The predicted octanol–water partition coefficient (Wildman–Crippen LogP) is 4.11. The fraction of sp³-hybridized carbons (Fsp3) is 0.773.